The van der Waals surface area contributed by atoms with E-state index in [-0.39, 0.29) is 5.91 Å². The van der Waals surface area contributed by atoms with Crippen LogP contribution in [0.25, 0.3) is 16.4 Å². The summed E-state index contributed by atoms with van der Waals surface area (Å²) in [5, 5.41) is 3.36. The van der Waals surface area contributed by atoms with Gasteiger partial charge in [0.15, 0.2) is 10.8 Å². The summed E-state index contributed by atoms with van der Waals surface area (Å²) in [6.07, 6.45) is 3.28. The molecule has 2 heterocycles. The van der Waals surface area contributed by atoms with Gasteiger partial charge in [0.2, 0.25) is 5.91 Å². The third kappa shape index (κ3) is 3.20. The fraction of sp³-hybridized carbons (Fsp3) is 0.118. The number of hydrogen-bond donors (Lipinski definition) is 1. The maximum atomic E-state index is 12.0. The molecule has 0 aliphatic carbocycles. The number of hydrogen-bond acceptors (Lipinski definition) is 4. The largest absolute Gasteiger partial charge is 0.298 e. The molecule has 2 aromatic heterocycles. The number of pyridine rings is 1. The second-order valence-electron chi connectivity index (χ2n) is 4.99. The number of anilines is 1. The van der Waals surface area contributed by atoms with Crippen LogP contribution in [0.1, 0.15) is 16.8 Å². The van der Waals surface area contributed by atoms with Gasteiger partial charge < -0.3 is 0 Å². The van der Waals surface area contributed by atoms with E-state index in [1.807, 2.05) is 50.2 Å². The highest BCUT2D eigenvalue weighted by atomic mass is 32.1. The van der Waals surface area contributed by atoms with Gasteiger partial charge in [-0.15, -0.1) is 0 Å². The number of carbonyl (C=O) groups excluding carboxylic acids is 1. The highest BCUT2D eigenvalue weighted by Gasteiger charge is 2.09. The minimum absolute atomic E-state index is 0.197. The first-order chi connectivity index (χ1) is 10.6. The Hall–Kier alpha value is -2.53. The summed E-state index contributed by atoms with van der Waals surface area (Å²) < 4.78 is 1.01. The van der Waals surface area contributed by atoms with Gasteiger partial charge in [-0.1, -0.05) is 41.7 Å². The Morgan fingerprint density at radius 2 is 1.95 bits per heavy atom. The molecule has 0 unspecified atom stereocenters. The Bertz CT molecular complexity index is 853. The predicted molar refractivity (Wildman–Crippen MR) is 91.0 cm³/mol. The van der Waals surface area contributed by atoms with Crippen molar-refractivity contribution in [3.63, 3.8) is 0 Å². The van der Waals surface area contributed by atoms with Crippen LogP contribution in [0.4, 0.5) is 5.13 Å². The van der Waals surface area contributed by atoms with E-state index in [2.05, 4.69) is 15.3 Å². The lowest BCUT2D eigenvalue weighted by Gasteiger charge is -1.95. The molecule has 22 heavy (non-hydrogen) atoms. The standard InChI is InChI=1S/C17H15N3OS/c1-11-10-12(2)18-16-15(11)22-17(20-16)19-14(21)9-8-13-6-4-3-5-7-13/h3-10H,1-2H3,(H,18,19,20,21)/b9-8+. The molecule has 0 bridgehead atoms. The molecule has 3 rings (SSSR count). The van der Waals surface area contributed by atoms with Crippen LogP contribution in [0, 0.1) is 13.8 Å². The van der Waals surface area contributed by atoms with Gasteiger partial charge in [0.05, 0.1) is 4.70 Å². The van der Waals surface area contributed by atoms with E-state index in [0.29, 0.717) is 10.8 Å². The second kappa shape index (κ2) is 6.07. The fourth-order valence-corrected chi connectivity index (χ4v) is 3.04. The first-order valence-electron chi connectivity index (χ1n) is 6.91. The molecule has 3 aromatic rings. The van der Waals surface area contributed by atoms with Crippen LogP contribution < -0.4 is 5.32 Å². The third-order valence-corrected chi connectivity index (χ3v) is 4.23. The Balaban J connectivity index is 1.77. The van der Waals surface area contributed by atoms with Crippen LogP contribution in [0.2, 0.25) is 0 Å². The van der Waals surface area contributed by atoms with Crippen molar-refractivity contribution < 1.29 is 4.79 Å². The van der Waals surface area contributed by atoms with E-state index in [1.165, 1.54) is 17.4 Å². The smallest absolute Gasteiger partial charge is 0.250 e. The fourth-order valence-electron chi connectivity index (χ4n) is 2.16. The van der Waals surface area contributed by atoms with Crippen LogP contribution in [0.5, 0.6) is 0 Å². The second-order valence-corrected chi connectivity index (χ2v) is 5.98. The van der Waals surface area contributed by atoms with Gasteiger partial charge in [-0.2, -0.15) is 4.98 Å². The lowest BCUT2D eigenvalue weighted by molar-refractivity contribution is -0.111. The molecule has 0 fully saturated rings. The summed E-state index contributed by atoms with van der Waals surface area (Å²) in [6, 6.07) is 11.7. The van der Waals surface area contributed by atoms with Crippen molar-refractivity contribution in [1.82, 2.24) is 9.97 Å². The van der Waals surface area contributed by atoms with E-state index in [1.54, 1.807) is 6.08 Å². The molecule has 5 heteroatoms. The zero-order valence-corrected chi connectivity index (χ0v) is 13.1. The van der Waals surface area contributed by atoms with E-state index < -0.39 is 0 Å². The van der Waals surface area contributed by atoms with Crippen molar-refractivity contribution in [2.75, 3.05) is 5.32 Å². The third-order valence-electron chi connectivity index (χ3n) is 3.13. The zero-order chi connectivity index (χ0) is 15.5. The minimum atomic E-state index is -0.197. The number of carbonyl (C=O) groups is 1. The molecule has 0 aliphatic rings. The summed E-state index contributed by atoms with van der Waals surface area (Å²) in [5.74, 6) is -0.197. The minimum Gasteiger partial charge on any atom is -0.298 e. The topological polar surface area (TPSA) is 54.9 Å². The summed E-state index contributed by atoms with van der Waals surface area (Å²) in [7, 11) is 0. The van der Waals surface area contributed by atoms with Gasteiger partial charge in [-0.3, -0.25) is 10.1 Å². The number of rotatable bonds is 3. The van der Waals surface area contributed by atoms with Crippen molar-refractivity contribution in [3.05, 3.63) is 59.3 Å². The van der Waals surface area contributed by atoms with Crippen molar-refractivity contribution in [1.29, 1.82) is 0 Å². The van der Waals surface area contributed by atoms with Gasteiger partial charge in [0.25, 0.3) is 0 Å². The molecule has 4 nitrogen and oxygen atoms in total. The van der Waals surface area contributed by atoms with Crippen LogP contribution >= 0.6 is 11.3 Å². The monoisotopic (exact) mass is 309 g/mol. The summed E-state index contributed by atoms with van der Waals surface area (Å²) in [4.78, 5) is 20.7. The highest BCUT2D eigenvalue weighted by molar-refractivity contribution is 7.22. The van der Waals surface area contributed by atoms with E-state index in [9.17, 15) is 4.79 Å². The average Bonchev–Trinajstić information content (AvgIpc) is 2.89. The SMILES string of the molecule is Cc1cc(C)c2sc(NC(=O)/C=C/c3ccccc3)nc2n1. The molecule has 1 aromatic carbocycles. The maximum Gasteiger partial charge on any atom is 0.250 e. The number of aromatic nitrogens is 2. The number of nitrogens with zero attached hydrogens (tertiary/aromatic N) is 2. The first kappa shape index (κ1) is 14.4. The lowest BCUT2D eigenvalue weighted by Crippen LogP contribution is -2.07. The summed E-state index contributed by atoms with van der Waals surface area (Å²) in [6.45, 7) is 3.96. The molecule has 1 amide bonds. The Morgan fingerprint density at radius 1 is 1.18 bits per heavy atom. The van der Waals surface area contributed by atoms with Gasteiger partial charge in [-0.25, -0.2) is 4.98 Å². The number of thiazole rings is 1. The van der Waals surface area contributed by atoms with E-state index in [0.717, 1.165) is 21.5 Å². The lowest BCUT2D eigenvalue weighted by atomic mass is 10.2. The molecule has 0 radical (unpaired) electrons. The summed E-state index contributed by atoms with van der Waals surface area (Å²) >= 11 is 1.44. The molecule has 0 saturated heterocycles. The van der Waals surface area contributed by atoms with E-state index >= 15 is 0 Å². The van der Waals surface area contributed by atoms with Crippen LogP contribution in [-0.4, -0.2) is 15.9 Å². The zero-order valence-electron chi connectivity index (χ0n) is 12.3. The average molecular weight is 309 g/mol. The first-order valence-corrected chi connectivity index (χ1v) is 7.72. The van der Waals surface area contributed by atoms with Gasteiger partial charge in [0.1, 0.15) is 0 Å². The highest BCUT2D eigenvalue weighted by Crippen LogP contribution is 2.27. The predicted octanol–water partition coefficient (Wildman–Crippen LogP) is 3.96. The number of amides is 1. The molecule has 110 valence electrons. The van der Waals surface area contributed by atoms with Gasteiger partial charge in [0, 0.05) is 11.8 Å². The number of aryl methyl sites for hydroxylation is 2. The van der Waals surface area contributed by atoms with Crippen LogP contribution in [0.3, 0.4) is 0 Å². The van der Waals surface area contributed by atoms with E-state index in [4.69, 9.17) is 0 Å². The Labute approximate surface area is 132 Å². The maximum absolute atomic E-state index is 12.0. The Morgan fingerprint density at radius 3 is 2.73 bits per heavy atom. The summed E-state index contributed by atoms with van der Waals surface area (Å²) in [5.41, 5.74) is 3.72. The van der Waals surface area contributed by atoms with Crippen molar-refractivity contribution in [2.24, 2.45) is 0 Å². The Kier molecular flexibility index (Phi) is 3.98. The van der Waals surface area contributed by atoms with Crippen molar-refractivity contribution in [2.45, 2.75) is 13.8 Å². The van der Waals surface area contributed by atoms with Gasteiger partial charge >= 0.3 is 0 Å². The van der Waals surface area contributed by atoms with Crippen molar-refractivity contribution in [3.8, 4) is 0 Å². The molecule has 0 atom stereocenters. The molecule has 0 aliphatic heterocycles. The van der Waals surface area contributed by atoms with Crippen LogP contribution in [0.15, 0.2) is 42.5 Å². The molecule has 0 spiro atoms. The molecule has 1 N–H and O–H groups in total. The number of benzene rings is 1. The van der Waals surface area contributed by atoms with Crippen molar-refractivity contribution >= 4 is 38.8 Å². The normalized spacial score (nSPS) is 11.2. The molecule has 0 saturated carbocycles. The molecular weight excluding hydrogens is 294 g/mol. The molecular formula is C17H15N3OS. The quantitative estimate of drug-likeness (QED) is 0.745. The van der Waals surface area contributed by atoms with Gasteiger partial charge in [-0.05, 0) is 37.1 Å². The van der Waals surface area contributed by atoms with Crippen LogP contribution in [-0.2, 0) is 4.79 Å². The number of nitrogens with one attached hydrogen (secondary N) is 1. The number of fused-ring (bicyclic) bond motifs is 1.